The summed E-state index contributed by atoms with van der Waals surface area (Å²) >= 11 is 10.0. The van der Waals surface area contributed by atoms with Crippen molar-refractivity contribution in [1.29, 1.82) is 0 Å². The summed E-state index contributed by atoms with van der Waals surface area (Å²) in [5.74, 6) is -1.09. The van der Waals surface area contributed by atoms with Gasteiger partial charge >= 0.3 is 0 Å². The average molecular weight is 576 g/mol. The average Bonchev–Trinajstić information content (AvgIpc) is 3.09. The van der Waals surface area contributed by atoms with Gasteiger partial charge in [-0.3, -0.25) is 19.3 Å². The molecule has 3 aromatic rings. The quantitative estimate of drug-likeness (QED) is 0.326. The topological polar surface area (TPSA) is 75.7 Å². The van der Waals surface area contributed by atoms with E-state index in [0.717, 1.165) is 16.7 Å². The molecule has 1 N–H and O–H groups in total. The van der Waals surface area contributed by atoms with Crippen molar-refractivity contribution in [1.82, 2.24) is 4.90 Å². The number of anilines is 1. The van der Waals surface area contributed by atoms with E-state index in [4.69, 9.17) is 16.3 Å². The van der Waals surface area contributed by atoms with Crippen molar-refractivity contribution >= 4 is 68.1 Å². The Morgan fingerprint density at radius 3 is 2.63 bits per heavy atom. The summed E-state index contributed by atoms with van der Waals surface area (Å²) in [6, 6.07) is 18.0. The number of carbonyl (C=O) groups is 3. The molecule has 35 heavy (non-hydrogen) atoms. The highest BCUT2D eigenvalue weighted by Crippen LogP contribution is 2.34. The minimum atomic E-state index is -0.590. The maximum absolute atomic E-state index is 13.9. The first-order valence-electron chi connectivity index (χ1n) is 10.3. The van der Waals surface area contributed by atoms with Crippen LogP contribution in [-0.4, -0.2) is 28.5 Å². The monoisotopic (exact) mass is 574 g/mol. The van der Waals surface area contributed by atoms with Gasteiger partial charge in [-0.15, -0.1) is 0 Å². The van der Waals surface area contributed by atoms with E-state index < -0.39 is 23.6 Å². The van der Waals surface area contributed by atoms with E-state index in [0.29, 0.717) is 32.1 Å². The van der Waals surface area contributed by atoms with Gasteiger partial charge in [0.15, 0.2) is 0 Å². The van der Waals surface area contributed by atoms with Gasteiger partial charge in [0, 0.05) is 21.3 Å². The van der Waals surface area contributed by atoms with Crippen LogP contribution in [0.1, 0.15) is 11.1 Å². The van der Waals surface area contributed by atoms with Crippen molar-refractivity contribution in [3.05, 3.63) is 98.1 Å². The van der Waals surface area contributed by atoms with E-state index in [1.54, 1.807) is 60.7 Å². The number of thioether (sulfide) groups is 1. The SMILES string of the molecule is O=C(CN1C(=O)S/C(=C/c2ccccc2OCc2ccccc2F)C1=O)Nc1ccc(Br)c(Cl)c1. The summed E-state index contributed by atoms with van der Waals surface area (Å²) < 4.78 is 20.4. The predicted molar refractivity (Wildman–Crippen MR) is 138 cm³/mol. The molecule has 4 rings (SSSR count). The fourth-order valence-corrected chi connectivity index (χ4v) is 4.45. The third-order valence-corrected chi connectivity index (χ3v) is 7.07. The molecule has 0 bridgehead atoms. The lowest BCUT2D eigenvalue weighted by Crippen LogP contribution is -2.36. The molecule has 0 atom stereocenters. The van der Waals surface area contributed by atoms with E-state index in [2.05, 4.69) is 21.2 Å². The van der Waals surface area contributed by atoms with Crippen molar-refractivity contribution < 1.29 is 23.5 Å². The number of carbonyl (C=O) groups excluding carboxylic acids is 3. The number of nitrogens with one attached hydrogen (secondary N) is 1. The van der Waals surface area contributed by atoms with Crippen LogP contribution in [0.5, 0.6) is 5.75 Å². The lowest BCUT2D eigenvalue weighted by Gasteiger charge is -2.13. The molecule has 10 heteroatoms. The third kappa shape index (κ3) is 6.11. The second kappa shape index (κ2) is 11.1. The highest BCUT2D eigenvalue weighted by molar-refractivity contribution is 9.10. The Hall–Kier alpha value is -3.14. The Labute approximate surface area is 218 Å². The largest absolute Gasteiger partial charge is 0.488 e. The van der Waals surface area contributed by atoms with Gasteiger partial charge in [-0.1, -0.05) is 48.0 Å². The standard InChI is InChI=1S/C25H17BrClFN2O4S/c26-18-10-9-17(12-19(18)27)29-23(31)13-30-24(32)22(35-25(30)33)11-15-5-2-4-8-21(15)34-14-16-6-1-3-7-20(16)28/h1-12H,13-14H2,(H,29,31)/b22-11+. The highest BCUT2D eigenvalue weighted by atomic mass is 79.9. The first-order chi connectivity index (χ1) is 16.8. The molecule has 0 aliphatic carbocycles. The molecule has 6 nitrogen and oxygen atoms in total. The zero-order valence-electron chi connectivity index (χ0n) is 18.0. The molecule has 1 aliphatic rings. The molecule has 3 amide bonds. The second-order valence-corrected chi connectivity index (χ2v) is 9.62. The number of amides is 3. The number of imide groups is 1. The number of rotatable bonds is 7. The predicted octanol–water partition coefficient (Wildman–Crippen LogP) is 6.50. The molecule has 0 aromatic heterocycles. The van der Waals surface area contributed by atoms with E-state index in [1.165, 1.54) is 12.1 Å². The first-order valence-corrected chi connectivity index (χ1v) is 12.3. The number of halogens is 3. The number of nitrogens with zero attached hydrogens (tertiary/aromatic N) is 1. The van der Waals surface area contributed by atoms with Crippen molar-refractivity contribution in [3.8, 4) is 5.75 Å². The van der Waals surface area contributed by atoms with E-state index >= 15 is 0 Å². The summed E-state index contributed by atoms with van der Waals surface area (Å²) in [4.78, 5) is 38.8. The van der Waals surface area contributed by atoms with Crippen molar-refractivity contribution in [2.75, 3.05) is 11.9 Å². The van der Waals surface area contributed by atoms with Crippen LogP contribution >= 0.6 is 39.3 Å². The van der Waals surface area contributed by atoms with Crippen LogP contribution in [0.4, 0.5) is 14.9 Å². The van der Waals surface area contributed by atoms with Crippen LogP contribution in [0, 0.1) is 5.82 Å². The van der Waals surface area contributed by atoms with Crippen LogP contribution in [-0.2, 0) is 16.2 Å². The molecular weight excluding hydrogens is 559 g/mol. The Balaban J connectivity index is 1.45. The minimum Gasteiger partial charge on any atom is -0.488 e. The van der Waals surface area contributed by atoms with Crippen LogP contribution in [0.25, 0.3) is 6.08 Å². The number of ether oxygens (including phenoxy) is 1. The zero-order chi connectivity index (χ0) is 24.9. The van der Waals surface area contributed by atoms with Crippen molar-refractivity contribution in [2.45, 2.75) is 6.61 Å². The smallest absolute Gasteiger partial charge is 0.294 e. The number of hydrogen-bond acceptors (Lipinski definition) is 5. The van der Waals surface area contributed by atoms with Crippen LogP contribution in [0.3, 0.4) is 0 Å². The normalized spacial score (nSPS) is 14.5. The lowest BCUT2D eigenvalue weighted by molar-refractivity contribution is -0.127. The van der Waals surface area contributed by atoms with Gasteiger partial charge in [0.2, 0.25) is 5.91 Å². The fourth-order valence-electron chi connectivity index (χ4n) is 3.20. The van der Waals surface area contributed by atoms with Gasteiger partial charge in [-0.05, 0) is 64.1 Å². The third-order valence-electron chi connectivity index (χ3n) is 4.93. The van der Waals surface area contributed by atoms with Crippen LogP contribution in [0.2, 0.25) is 5.02 Å². The molecule has 0 unspecified atom stereocenters. The fraction of sp³-hybridized carbons (Fsp3) is 0.0800. The van der Waals surface area contributed by atoms with Crippen LogP contribution in [0.15, 0.2) is 76.1 Å². The van der Waals surface area contributed by atoms with Gasteiger partial charge < -0.3 is 10.1 Å². The summed E-state index contributed by atoms with van der Waals surface area (Å²) in [6.07, 6.45) is 1.52. The van der Waals surface area contributed by atoms with Gasteiger partial charge in [0.1, 0.15) is 24.7 Å². The maximum atomic E-state index is 13.9. The Morgan fingerprint density at radius 2 is 1.86 bits per heavy atom. The van der Waals surface area contributed by atoms with E-state index in [1.807, 2.05) is 0 Å². The minimum absolute atomic E-state index is 0.000744. The maximum Gasteiger partial charge on any atom is 0.294 e. The molecule has 1 fully saturated rings. The molecule has 0 spiro atoms. The lowest BCUT2D eigenvalue weighted by atomic mass is 10.1. The summed E-state index contributed by atoms with van der Waals surface area (Å²) in [6.45, 7) is -0.444. The molecule has 0 saturated carbocycles. The number of benzene rings is 3. The van der Waals surface area contributed by atoms with Crippen molar-refractivity contribution in [2.24, 2.45) is 0 Å². The summed E-state index contributed by atoms with van der Waals surface area (Å²) in [5.41, 5.74) is 1.37. The van der Waals surface area contributed by atoms with Gasteiger partial charge in [0.25, 0.3) is 11.1 Å². The Morgan fingerprint density at radius 1 is 1.11 bits per heavy atom. The molecule has 0 radical (unpaired) electrons. The van der Waals surface area contributed by atoms with Crippen molar-refractivity contribution in [3.63, 3.8) is 0 Å². The second-order valence-electron chi connectivity index (χ2n) is 7.36. The molecule has 178 valence electrons. The molecule has 1 heterocycles. The van der Waals surface area contributed by atoms with Gasteiger partial charge in [0.05, 0.1) is 9.93 Å². The van der Waals surface area contributed by atoms with E-state index in [9.17, 15) is 18.8 Å². The first kappa shape index (κ1) is 25.0. The molecule has 1 saturated heterocycles. The van der Waals surface area contributed by atoms with E-state index in [-0.39, 0.29) is 17.3 Å². The zero-order valence-corrected chi connectivity index (χ0v) is 21.1. The summed E-state index contributed by atoms with van der Waals surface area (Å²) in [5, 5.41) is 2.47. The number of para-hydroxylation sites is 1. The molecule has 3 aromatic carbocycles. The molecule has 1 aliphatic heterocycles. The Bertz CT molecular complexity index is 1350. The van der Waals surface area contributed by atoms with Gasteiger partial charge in [-0.2, -0.15) is 0 Å². The van der Waals surface area contributed by atoms with Crippen LogP contribution < -0.4 is 10.1 Å². The summed E-state index contributed by atoms with van der Waals surface area (Å²) in [7, 11) is 0. The Kier molecular flexibility index (Phi) is 7.90. The van der Waals surface area contributed by atoms with Gasteiger partial charge in [-0.25, -0.2) is 4.39 Å². The number of hydrogen-bond donors (Lipinski definition) is 1. The molecular formula is C25H17BrClFN2O4S. The highest BCUT2D eigenvalue weighted by Gasteiger charge is 2.36.